The number of hydrogen-bond acceptors (Lipinski definition) is 3. The van der Waals surface area contributed by atoms with E-state index >= 15 is 0 Å². The number of methoxy groups -OCH3 is 1. The van der Waals surface area contributed by atoms with Gasteiger partial charge in [-0.05, 0) is 30.2 Å². The number of carbonyl (C=O) groups excluding carboxylic acids is 1. The Morgan fingerprint density at radius 3 is 2.81 bits per heavy atom. The molecule has 0 atom stereocenters. The Hall–Kier alpha value is -1.55. The van der Waals surface area contributed by atoms with Gasteiger partial charge < -0.3 is 15.2 Å². The number of aliphatic hydroxyl groups is 1. The van der Waals surface area contributed by atoms with E-state index in [9.17, 15) is 4.79 Å². The summed E-state index contributed by atoms with van der Waals surface area (Å²) in [5.41, 5.74) is 1.59. The van der Waals surface area contributed by atoms with Crippen molar-refractivity contribution in [3.63, 3.8) is 0 Å². The van der Waals surface area contributed by atoms with E-state index < -0.39 is 0 Å². The van der Waals surface area contributed by atoms with Gasteiger partial charge in [0.05, 0.1) is 13.7 Å². The maximum Gasteiger partial charge on any atom is 0.251 e. The molecule has 0 bridgehead atoms. The zero-order valence-corrected chi connectivity index (χ0v) is 9.62. The van der Waals surface area contributed by atoms with Crippen molar-refractivity contribution in [2.45, 2.75) is 13.3 Å². The van der Waals surface area contributed by atoms with Crippen LogP contribution in [0.5, 0.6) is 5.75 Å². The van der Waals surface area contributed by atoms with Crippen molar-refractivity contribution in [1.82, 2.24) is 5.32 Å². The van der Waals surface area contributed by atoms with E-state index in [0.717, 1.165) is 17.7 Å². The highest BCUT2D eigenvalue weighted by molar-refractivity contribution is 5.94. The molecule has 0 fully saturated rings. The van der Waals surface area contributed by atoms with E-state index in [1.165, 1.54) is 0 Å². The largest absolute Gasteiger partial charge is 0.496 e. The van der Waals surface area contributed by atoms with Crippen LogP contribution in [0.25, 0.3) is 0 Å². The van der Waals surface area contributed by atoms with Crippen LogP contribution < -0.4 is 10.1 Å². The van der Waals surface area contributed by atoms with Crippen molar-refractivity contribution in [3.05, 3.63) is 29.3 Å². The third kappa shape index (κ3) is 2.97. The molecule has 0 saturated carbocycles. The number of rotatable bonds is 5. The van der Waals surface area contributed by atoms with E-state index in [-0.39, 0.29) is 19.1 Å². The number of hydrogen-bond donors (Lipinski definition) is 2. The zero-order valence-electron chi connectivity index (χ0n) is 9.62. The predicted octanol–water partition coefficient (Wildman–Crippen LogP) is 0.980. The van der Waals surface area contributed by atoms with Crippen LogP contribution in [0.15, 0.2) is 18.2 Å². The Morgan fingerprint density at radius 2 is 2.25 bits per heavy atom. The van der Waals surface area contributed by atoms with Crippen LogP contribution in [0.4, 0.5) is 0 Å². The summed E-state index contributed by atoms with van der Waals surface area (Å²) >= 11 is 0. The second-order valence-electron chi connectivity index (χ2n) is 3.36. The number of nitrogens with one attached hydrogen (secondary N) is 1. The molecule has 1 aromatic carbocycles. The smallest absolute Gasteiger partial charge is 0.251 e. The fraction of sp³-hybridized carbons (Fsp3) is 0.417. The summed E-state index contributed by atoms with van der Waals surface area (Å²) < 4.78 is 5.18. The van der Waals surface area contributed by atoms with Gasteiger partial charge in [-0.2, -0.15) is 0 Å². The number of benzene rings is 1. The number of aliphatic hydroxyl groups excluding tert-OH is 1. The van der Waals surface area contributed by atoms with Crippen LogP contribution in [0.3, 0.4) is 0 Å². The average Bonchev–Trinajstić information content (AvgIpc) is 2.34. The molecule has 0 aliphatic heterocycles. The Bertz CT molecular complexity index is 363. The number of carbonyl (C=O) groups is 1. The first kappa shape index (κ1) is 12.5. The molecule has 4 heteroatoms. The van der Waals surface area contributed by atoms with Gasteiger partial charge >= 0.3 is 0 Å². The molecule has 4 nitrogen and oxygen atoms in total. The van der Waals surface area contributed by atoms with Gasteiger partial charge in [0.2, 0.25) is 0 Å². The summed E-state index contributed by atoms with van der Waals surface area (Å²) in [6.07, 6.45) is 0.810. The topological polar surface area (TPSA) is 58.6 Å². The molecular formula is C12H17NO3. The second kappa shape index (κ2) is 6.12. The maximum atomic E-state index is 11.6. The van der Waals surface area contributed by atoms with E-state index in [0.29, 0.717) is 5.56 Å². The summed E-state index contributed by atoms with van der Waals surface area (Å²) in [5, 5.41) is 11.2. The van der Waals surface area contributed by atoms with Crippen molar-refractivity contribution >= 4 is 5.91 Å². The van der Waals surface area contributed by atoms with Crippen LogP contribution in [-0.2, 0) is 6.42 Å². The number of aryl methyl sites for hydroxylation is 1. The summed E-state index contributed by atoms with van der Waals surface area (Å²) in [5.74, 6) is 0.618. The molecule has 1 rings (SSSR count). The molecule has 1 amide bonds. The fourth-order valence-corrected chi connectivity index (χ4v) is 1.47. The van der Waals surface area contributed by atoms with Crippen LogP contribution in [-0.4, -0.2) is 31.3 Å². The summed E-state index contributed by atoms with van der Waals surface area (Å²) in [6, 6.07) is 5.31. The van der Waals surface area contributed by atoms with Gasteiger partial charge in [-0.3, -0.25) is 4.79 Å². The van der Waals surface area contributed by atoms with Gasteiger partial charge in [-0.15, -0.1) is 0 Å². The second-order valence-corrected chi connectivity index (χ2v) is 3.36. The first-order valence-electron chi connectivity index (χ1n) is 5.28. The highest BCUT2D eigenvalue weighted by Crippen LogP contribution is 2.20. The molecule has 16 heavy (non-hydrogen) atoms. The molecule has 0 aliphatic rings. The van der Waals surface area contributed by atoms with E-state index in [1.807, 2.05) is 13.0 Å². The van der Waals surface area contributed by atoms with Gasteiger partial charge in [0.1, 0.15) is 5.75 Å². The van der Waals surface area contributed by atoms with Crippen LogP contribution in [0.1, 0.15) is 22.8 Å². The molecular weight excluding hydrogens is 206 g/mol. The number of ether oxygens (including phenoxy) is 1. The minimum Gasteiger partial charge on any atom is -0.496 e. The minimum absolute atomic E-state index is 0.0530. The average molecular weight is 223 g/mol. The highest BCUT2D eigenvalue weighted by Gasteiger charge is 2.08. The molecule has 0 aromatic heterocycles. The molecule has 2 N–H and O–H groups in total. The highest BCUT2D eigenvalue weighted by atomic mass is 16.5. The Labute approximate surface area is 95.2 Å². The van der Waals surface area contributed by atoms with E-state index in [2.05, 4.69) is 5.32 Å². The summed E-state index contributed by atoms with van der Waals surface area (Å²) in [7, 11) is 1.61. The zero-order chi connectivity index (χ0) is 12.0. The summed E-state index contributed by atoms with van der Waals surface area (Å²) in [6.45, 7) is 2.22. The van der Waals surface area contributed by atoms with Crippen molar-refractivity contribution in [2.75, 3.05) is 20.3 Å². The van der Waals surface area contributed by atoms with Crippen molar-refractivity contribution in [2.24, 2.45) is 0 Å². The molecule has 0 saturated heterocycles. The van der Waals surface area contributed by atoms with Crippen LogP contribution >= 0.6 is 0 Å². The van der Waals surface area contributed by atoms with E-state index in [1.54, 1.807) is 19.2 Å². The lowest BCUT2D eigenvalue weighted by Crippen LogP contribution is -2.26. The van der Waals surface area contributed by atoms with Crippen LogP contribution in [0, 0.1) is 0 Å². The maximum absolute atomic E-state index is 11.6. The Kier molecular flexibility index (Phi) is 4.79. The first-order valence-corrected chi connectivity index (χ1v) is 5.28. The van der Waals surface area contributed by atoms with Gasteiger partial charge in [0.15, 0.2) is 0 Å². The molecule has 1 aromatic rings. The SMILES string of the molecule is CCc1cc(C(=O)NCCO)ccc1OC. The van der Waals surface area contributed by atoms with Crippen molar-refractivity contribution < 1.29 is 14.6 Å². The molecule has 0 spiro atoms. The molecule has 0 heterocycles. The molecule has 88 valence electrons. The first-order chi connectivity index (χ1) is 7.72. The predicted molar refractivity (Wildman–Crippen MR) is 61.8 cm³/mol. The lowest BCUT2D eigenvalue weighted by Gasteiger charge is -2.09. The molecule has 0 aliphatic carbocycles. The quantitative estimate of drug-likeness (QED) is 0.782. The van der Waals surface area contributed by atoms with Gasteiger partial charge in [-0.25, -0.2) is 0 Å². The Balaban J connectivity index is 2.85. The van der Waals surface area contributed by atoms with Crippen molar-refractivity contribution in [1.29, 1.82) is 0 Å². The summed E-state index contributed by atoms with van der Waals surface area (Å²) in [4.78, 5) is 11.6. The van der Waals surface area contributed by atoms with Gasteiger partial charge in [-0.1, -0.05) is 6.92 Å². The van der Waals surface area contributed by atoms with Gasteiger partial charge in [0, 0.05) is 12.1 Å². The monoisotopic (exact) mass is 223 g/mol. The van der Waals surface area contributed by atoms with Crippen molar-refractivity contribution in [3.8, 4) is 5.75 Å². The van der Waals surface area contributed by atoms with Crippen LogP contribution in [0.2, 0.25) is 0 Å². The third-order valence-electron chi connectivity index (χ3n) is 2.32. The standard InChI is InChI=1S/C12H17NO3/c1-3-9-8-10(4-5-11(9)16-2)12(15)13-6-7-14/h4-5,8,14H,3,6-7H2,1-2H3,(H,13,15). The Morgan fingerprint density at radius 1 is 1.50 bits per heavy atom. The fourth-order valence-electron chi connectivity index (χ4n) is 1.47. The molecule has 0 radical (unpaired) electrons. The lowest BCUT2D eigenvalue weighted by atomic mass is 10.1. The lowest BCUT2D eigenvalue weighted by molar-refractivity contribution is 0.0944. The number of amides is 1. The van der Waals surface area contributed by atoms with Gasteiger partial charge in [0.25, 0.3) is 5.91 Å². The normalized spacial score (nSPS) is 9.94. The molecule has 0 unspecified atom stereocenters. The van der Waals surface area contributed by atoms with E-state index in [4.69, 9.17) is 9.84 Å². The third-order valence-corrected chi connectivity index (χ3v) is 2.32. The minimum atomic E-state index is -0.175.